The quantitative estimate of drug-likeness (QED) is 0.670. The second kappa shape index (κ2) is 4.31. The van der Waals surface area contributed by atoms with Crippen molar-refractivity contribution in [2.24, 2.45) is 11.8 Å². The fraction of sp³-hybridized carbons (Fsp3) is 0.818. The fourth-order valence-electron chi connectivity index (χ4n) is 2.89. The van der Waals surface area contributed by atoms with E-state index < -0.39 is 12.0 Å². The number of carboxylic acids is 1. The Bertz CT molecular complexity index is 306. The number of carbonyl (C=O) groups excluding carboxylic acids is 1. The first-order valence-electron chi connectivity index (χ1n) is 5.86. The number of amides is 2. The second-order valence-electron chi connectivity index (χ2n) is 4.96. The van der Waals surface area contributed by atoms with E-state index in [1.54, 1.807) is 0 Å². The molecular formula is C11H18N2O3. The van der Waals surface area contributed by atoms with Crippen LogP contribution in [0.1, 0.15) is 32.6 Å². The maximum absolute atomic E-state index is 11.5. The summed E-state index contributed by atoms with van der Waals surface area (Å²) in [5, 5.41) is 14.0. The van der Waals surface area contributed by atoms with Gasteiger partial charge < -0.3 is 15.7 Å². The molecule has 2 saturated carbocycles. The molecule has 90 valence electrons. The van der Waals surface area contributed by atoms with Gasteiger partial charge in [-0.05, 0) is 38.0 Å². The van der Waals surface area contributed by atoms with Gasteiger partial charge >= 0.3 is 12.0 Å². The number of rotatable bonds is 3. The lowest BCUT2D eigenvalue weighted by Crippen LogP contribution is -2.49. The number of aliphatic carboxylic acids is 1. The van der Waals surface area contributed by atoms with Crippen LogP contribution in [-0.4, -0.2) is 29.2 Å². The molecule has 2 fully saturated rings. The lowest BCUT2D eigenvalue weighted by molar-refractivity contribution is -0.138. The third-order valence-electron chi connectivity index (χ3n) is 3.77. The summed E-state index contributed by atoms with van der Waals surface area (Å²) in [6.45, 7) is 1.46. The van der Waals surface area contributed by atoms with Crippen molar-refractivity contribution >= 4 is 12.0 Å². The zero-order valence-electron chi connectivity index (χ0n) is 9.40. The molecule has 3 N–H and O–H groups in total. The number of fused-ring (bicyclic) bond motifs is 2. The molecule has 2 aliphatic carbocycles. The van der Waals surface area contributed by atoms with E-state index in [2.05, 4.69) is 10.6 Å². The first-order valence-corrected chi connectivity index (χ1v) is 5.86. The van der Waals surface area contributed by atoms with Gasteiger partial charge in [-0.1, -0.05) is 6.42 Å². The molecule has 2 bridgehead atoms. The van der Waals surface area contributed by atoms with Gasteiger partial charge in [-0.3, -0.25) is 4.79 Å². The van der Waals surface area contributed by atoms with Gasteiger partial charge in [-0.2, -0.15) is 0 Å². The van der Waals surface area contributed by atoms with Crippen molar-refractivity contribution in [2.75, 3.05) is 0 Å². The van der Waals surface area contributed by atoms with E-state index >= 15 is 0 Å². The molecule has 2 amide bonds. The molecule has 0 aromatic heterocycles. The van der Waals surface area contributed by atoms with E-state index in [1.165, 1.54) is 26.2 Å². The molecular weight excluding hydrogens is 208 g/mol. The Hall–Kier alpha value is -1.26. The summed E-state index contributed by atoms with van der Waals surface area (Å²) >= 11 is 0. The van der Waals surface area contributed by atoms with Gasteiger partial charge in [0.2, 0.25) is 0 Å². The molecule has 0 saturated heterocycles. The Morgan fingerprint density at radius 1 is 1.31 bits per heavy atom. The lowest BCUT2D eigenvalue weighted by atomic mass is 9.95. The Labute approximate surface area is 94.6 Å². The van der Waals surface area contributed by atoms with Gasteiger partial charge in [0.1, 0.15) is 6.04 Å². The number of hydrogen-bond acceptors (Lipinski definition) is 2. The number of urea groups is 1. The Morgan fingerprint density at radius 3 is 2.56 bits per heavy atom. The Kier molecular flexibility index (Phi) is 3.03. The van der Waals surface area contributed by atoms with Crippen LogP contribution >= 0.6 is 0 Å². The average molecular weight is 226 g/mol. The predicted molar refractivity (Wildman–Crippen MR) is 58.0 cm³/mol. The van der Waals surface area contributed by atoms with Crippen LogP contribution in [0, 0.1) is 11.8 Å². The van der Waals surface area contributed by atoms with Crippen LogP contribution in [0.15, 0.2) is 0 Å². The van der Waals surface area contributed by atoms with Gasteiger partial charge in [-0.15, -0.1) is 0 Å². The summed E-state index contributed by atoms with van der Waals surface area (Å²) in [7, 11) is 0. The summed E-state index contributed by atoms with van der Waals surface area (Å²) in [5.41, 5.74) is 0. The fourth-order valence-corrected chi connectivity index (χ4v) is 2.89. The summed E-state index contributed by atoms with van der Waals surface area (Å²) in [6.07, 6.45) is 4.76. The molecule has 5 nitrogen and oxygen atoms in total. The topological polar surface area (TPSA) is 78.4 Å². The number of hydrogen-bond donors (Lipinski definition) is 3. The molecule has 0 radical (unpaired) electrons. The van der Waals surface area contributed by atoms with E-state index in [1.807, 2.05) is 0 Å². The minimum atomic E-state index is -1.01. The average Bonchev–Trinajstić information content (AvgIpc) is 2.78. The van der Waals surface area contributed by atoms with E-state index in [0.717, 1.165) is 12.3 Å². The normalized spacial score (nSPS) is 33.4. The van der Waals surface area contributed by atoms with E-state index in [0.29, 0.717) is 5.92 Å². The van der Waals surface area contributed by atoms with Crippen molar-refractivity contribution in [1.82, 2.24) is 10.6 Å². The third-order valence-corrected chi connectivity index (χ3v) is 3.77. The molecule has 5 heteroatoms. The maximum atomic E-state index is 11.5. The summed E-state index contributed by atoms with van der Waals surface area (Å²) in [5.74, 6) is 0.367. The number of carbonyl (C=O) groups is 2. The molecule has 0 aromatic carbocycles. The SMILES string of the molecule is C[C@H](NC(=O)NC1CC2CCC1C2)C(=O)O. The molecule has 3 unspecified atom stereocenters. The van der Waals surface area contributed by atoms with Gasteiger partial charge in [0, 0.05) is 6.04 Å². The van der Waals surface area contributed by atoms with Gasteiger partial charge in [0.05, 0.1) is 0 Å². The number of nitrogens with one attached hydrogen (secondary N) is 2. The minimum absolute atomic E-state index is 0.250. The van der Waals surface area contributed by atoms with Crippen molar-refractivity contribution in [3.8, 4) is 0 Å². The van der Waals surface area contributed by atoms with Crippen LogP contribution in [0.2, 0.25) is 0 Å². The molecule has 4 atom stereocenters. The smallest absolute Gasteiger partial charge is 0.325 e. The summed E-state index contributed by atoms with van der Waals surface area (Å²) in [4.78, 5) is 22.1. The van der Waals surface area contributed by atoms with Crippen LogP contribution in [-0.2, 0) is 4.79 Å². The molecule has 2 rings (SSSR count). The van der Waals surface area contributed by atoms with Gasteiger partial charge in [0.15, 0.2) is 0 Å². The van der Waals surface area contributed by atoms with Crippen molar-refractivity contribution in [2.45, 2.75) is 44.7 Å². The highest BCUT2D eigenvalue weighted by atomic mass is 16.4. The largest absolute Gasteiger partial charge is 0.480 e. The highest BCUT2D eigenvalue weighted by molar-refractivity contribution is 5.82. The van der Waals surface area contributed by atoms with Crippen molar-refractivity contribution < 1.29 is 14.7 Å². The van der Waals surface area contributed by atoms with Crippen LogP contribution in [0.25, 0.3) is 0 Å². The predicted octanol–water partition coefficient (Wildman–Crippen LogP) is 0.947. The van der Waals surface area contributed by atoms with Crippen LogP contribution in [0.5, 0.6) is 0 Å². The third kappa shape index (κ3) is 2.28. The van der Waals surface area contributed by atoms with Crippen molar-refractivity contribution in [3.05, 3.63) is 0 Å². The first kappa shape index (κ1) is 11.2. The lowest BCUT2D eigenvalue weighted by Gasteiger charge is -2.23. The minimum Gasteiger partial charge on any atom is -0.480 e. The summed E-state index contributed by atoms with van der Waals surface area (Å²) in [6, 6.07) is -0.939. The molecule has 16 heavy (non-hydrogen) atoms. The van der Waals surface area contributed by atoms with Gasteiger partial charge in [0.25, 0.3) is 0 Å². The molecule has 0 heterocycles. The standard InChI is InChI=1S/C11H18N2O3/c1-6(10(14)15)12-11(16)13-9-5-7-2-3-8(9)4-7/h6-9H,2-5H2,1H3,(H,14,15)(H2,12,13,16)/t6-,7?,8?,9?/m0/s1. The zero-order valence-corrected chi connectivity index (χ0v) is 9.40. The molecule has 0 aliphatic heterocycles. The highest BCUT2D eigenvalue weighted by Crippen LogP contribution is 2.44. The Balaban J connectivity index is 1.77. The molecule has 0 spiro atoms. The number of carboxylic acid groups (broad SMARTS) is 1. The monoisotopic (exact) mass is 226 g/mol. The van der Waals surface area contributed by atoms with Crippen molar-refractivity contribution in [3.63, 3.8) is 0 Å². The van der Waals surface area contributed by atoms with Crippen molar-refractivity contribution in [1.29, 1.82) is 0 Å². The molecule has 2 aliphatic rings. The first-order chi connectivity index (χ1) is 7.56. The van der Waals surface area contributed by atoms with E-state index in [4.69, 9.17) is 5.11 Å². The van der Waals surface area contributed by atoms with Gasteiger partial charge in [-0.25, -0.2) is 4.79 Å². The highest BCUT2D eigenvalue weighted by Gasteiger charge is 2.40. The van der Waals surface area contributed by atoms with E-state index in [9.17, 15) is 9.59 Å². The van der Waals surface area contributed by atoms with Crippen LogP contribution < -0.4 is 10.6 Å². The Morgan fingerprint density at radius 2 is 2.06 bits per heavy atom. The molecule has 0 aromatic rings. The second-order valence-corrected chi connectivity index (χ2v) is 4.96. The van der Waals surface area contributed by atoms with E-state index in [-0.39, 0.29) is 12.1 Å². The summed E-state index contributed by atoms with van der Waals surface area (Å²) < 4.78 is 0. The van der Waals surface area contributed by atoms with Crippen LogP contribution in [0.3, 0.4) is 0 Å². The maximum Gasteiger partial charge on any atom is 0.325 e. The zero-order chi connectivity index (χ0) is 11.7. The van der Waals surface area contributed by atoms with Crippen LogP contribution in [0.4, 0.5) is 4.79 Å².